The zero-order valence-corrected chi connectivity index (χ0v) is 22.4. The number of methoxy groups -OCH3 is 2. The van der Waals surface area contributed by atoms with Crippen molar-refractivity contribution in [1.82, 2.24) is 14.3 Å². The highest BCUT2D eigenvalue weighted by Gasteiger charge is 2.30. The van der Waals surface area contributed by atoms with E-state index in [1.54, 1.807) is 26.6 Å². The number of benzene rings is 2. The van der Waals surface area contributed by atoms with Crippen LogP contribution in [0.2, 0.25) is 0 Å². The number of hydrogen-bond acceptors (Lipinski definition) is 7. The fourth-order valence-electron chi connectivity index (χ4n) is 3.44. The Labute approximate surface area is 213 Å². The van der Waals surface area contributed by atoms with Crippen molar-refractivity contribution in [3.05, 3.63) is 88.3 Å². The van der Waals surface area contributed by atoms with E-state index >= 15 is 0 Å². The third-order valence-corrected chi connectivity index (χ3v) is 7.32. The summed E-state index contributed by atoms with van der Waals surface area (Å²) in [5.41, 5.74) is 2.50. The third-order valence-electron chi connectivity index (χ3n) is 5.42. The van der Waals surface area contributed by atoms with Crippen LogP contribution in [0.4, 0.5) is 0 Å². The lowest BCUT2D eigenvalue weighted by molar-refractivity contribution is 0.201. The molecule has 3 aromatic rings. The minimum absolute atomic E-state index is 0.0436. The molecule has 1 heterocycles. The standard InChI is InChI=1S/C27H33N3O5S/c1-19(2)35-26(27-28-15-20(3)16-29-27)21(4)36(31,32)30(17-22-7-11-24(33-5)12-8-22)18-23-9-13-25(34-6)14-10-23/h7-16,19H,17-18H2,1-6H3. The SMILES string of the molecule is COc1ccc(CN(Cc2ccc(OC)cc2)S(=O)(=O)C(C)=C(OC(C)C)c2ncc(C)cn2)cc1. The molecular formula is C27H33N3O5S. The second kappa shape index (κ2) is 12.0. The van der Waals surface area contributed by atoms with Gasteiger partial charge >= 0.3 is 0 Å². The van der Waals surface area contributed by atoms with Gasteiger partial charge in [0.15, 0.2) is 11.6 Å². The molecule has 0 aliphatic rings. The van der Waals surface area contributed by atoms with Gasteiger partial charge in [-0.25, -0.2) is 18.4 Å². The van der Waals surface area contributed by atoms with E-state index in [9.17, 15) is 8.42 Å². The van der Waals surface area contributed by atoms with Gasteiger partial charge in [-0.05, 0) is 68.7 Å². The van der Waals surface area contributed by atoms with E-state index in [0.29, 0.717) is 11.5 Å². The quantitative estimate of drug-likeness (QED) is 0.337. The van der Waals surface area contributed by atoms with Crippen LogP contribution in [-0.2, 0) is 27.8 Å². The molecular weight excluding hydrogens is 478 g/mol. The minimum atomic E-state index is -3.99. The van der Waals surface area contributed by atoms with Crippen LogP contribution in [0.25, 0.3) is 5.76 Å². The predicted octanol–water partition coefficient (Wildman–Crippen LogP) is 4.95. The second-order valence-electron chi connectivity index (χ2n) is 8.61. The monoisotopic (exact) mass is 511 g/mol. The molecule has 3 rings (SSSR count). The van der Waals surface area contributed by atoms with E-state index in [1.165, 1.54) is 11.2 Å². The number of sulfonamides is 1. The van der Waals surface area contributed by atoms with Crippen molar-refractivity contribution in [2.45, 2.75) is 46.9 Å². The maximum atomic E-state index is 14.0. The number of allylic oxidation sites excluding steroid dienone is 1. The summed E-state index contributed by atoms with van der Waals surface area (Å²) < 4.78 is 45.9. The van der Waals surface area contributed by atoms with Gasteiger partial charge in [0.1, 0.15) is 16.4 Å². The summed E-state index contributed by atoms with van der Waals surface area (Å²) in [7, 11) is -0.806. The summed E-state index contributed by atoms with van der Waals surface area (Å²) in [4.78, 5) is 8.70. The van der Waals surface area contributed by atoms with Crippen LogP contribution in [0, 0.1) is 6.92 Å². The molecule has 9 heteroatoms. The molecule has 0 atom stereocenters. The molecule has 8 nitrogen and oxygen atoms in total. The Balaban J connectivity index is 2.07. The van der Waals surface area contributed by atoms with Gasteiger partial charge in [0.05, 0.1) is 20.3 Å². The third kappa shape index (κ3) is 6.83. The van der Waals surface area contributed by atoms with Gasteiger partial charge in [-0.2, -0.15) is 4.31 Å². The zero-order valence-electron chi connectivity index (χ0n) is 21.6. The largest absolute Gasteiger partial charge is 0.497 e. The summed E-state index contributed by atoms with van der Waals surface area (Å²) in [5.74, 6) is 1.76. The molecule has 0 spiro atoms. The molecule has 0 aliphatic carbocycles. The molecule has 0 N–H and O–H groups in total. The van der Waals surface area contributed by atoms with Crippen molar-refractivity contribution in [3.8, 4) is 11.5 Å². The predicted molar refractivity (Wildman–Crippen MR) is 140 cm³/mol. The first-order valence-electron chi connectivity index (χ1n) is 11.6. The molecule has 192 valence electrons. The van der Waals surface area contributed by atoms with E-state index in [-0.39, 0.29) is 35.7 Å². The molecule has 2 aromatic carbocycles. The van der Waals surface area contributed by atoms with Gasteiger partial charge in [-0.3, -0.25) is 0 Å². The van der Waals surface area contributed by atoms with Crippen LogP contribution in [-0.4, -0.2) is 43.0 Å². The molecule has 0 unspecified atom stereocenters. The Kier molecular flexibility index (Phi) is 9.06. The van der Waals surface area contributed by atoms with Gasteiger partial charge in [0.25, 0.3) is 0 Å². The summed E-state index contributed by atoms with van der Waals surface area (Å²) in [5, 5.41) is 0. The first-order valence-corrected chi connectivity index (χ1v) is 13.0. The van der Waals surface area contributed by atoms with Crippen molar-refractivity contribution >= 4 is 15.8 Å². The molecule has 0 aliphatic heterocycles. The molecule has 1 aromatic heterocycles. The topological polar surface area (TPSA) is 90.9 Å². The lowest BCUT2D eigenvalue weighted by atomic mass is 10.2. The van der Waals surface area contributed by atoms with Crippen molar-refractivity contribution in [2.24, 2.45) is 0 Å². The first-order chi connectivity index (χ1) is 17.1. The van der Waals surface area contributed by atoms with Gasteiger partial charge in [0.2, 0.25) is 10.0 Å². The first kappa shape index (κ1) is 27.2. The van der Waals surface area contributed by atoms with Crippen molar-refractivity contribution in [3.63, 3.8) is 0 Å². The van der Waals surface area contributed by atoms with Crippen LogP contribution in [0.1, 0.15) is 43.3 Å². The van der Waals surface area contributed by atoms with Crippen LogP contribution in [0.5, 0.6) is 11.5 Å². The van der Waals surface area contributed by atoms with E-state index in [0.717, 1.165) is 16.7 Å². The minimum Gasteiger partial charge on any atom is -0.497 e. The number of hydrogen-bond donors (Lipinski definition) is 0. The van der Waals surface area contributed by atoms with Crippen molar-refractivity contribution in [1.29, 1.82) is 0 Å². The lowest BCUT2D eigenvalue weighted by Gasteiger charge is -2.25. The number of ether oxygens (including phenoxy) is 3. The van der Waals surface area contributed by atoms with Crippen LogP contribution in [0.15, 0.2) is 65.8 Å². The Morgan fingerprint density at radius 1 is 0.861 bits per heavy atom. The van der Waals surface area contributed by atoms with E-state index in [2.05, 4.69) is 9.97 Å². The molecule has 36 heavy (non-hydrogen) atoms. The normalized spacial score (nSPS) is 12.4. The Morgan fingerprint density at radius 2 is 1.31 bits per heavy atom. The highest BCUT2D eigenvalue weighted by molar-refractivity contribution is 7.93. The van der Waals surface area contributed by atoms with Gasteiger partial charge in [-0.1, -0.05) is 24.3 Å². The van der Waals surface area contributed by atoms with Crippen molar-refractivity contribution in [2.75, 3.05) is 14.2 Å². The summed E-state index contributed by atoms with van der Waals surface area (Å²) in [6.07, 6.45) is 3.00. The number of rotatable bonds is 11. The fourth-order valence-corrected chi connectivity index (χ4v) is 4.84. The fraction of sp³-hybridized carbons (Fsp3) is 0.333. The molecule has 0 radical (unpaired) electrons. The molecule has 0 saturated carbocycles. The highest BCUT2D eigenvalue weighted by Crippen LogP contribution is 2.28. The number of aromatic nitrogens is 2. The lowest BCUT2D eigenvalue weighted by Crippen LogP contribution is -2.31. The Morgan fingerprint density at radius 3 is 1.69 bits per heavy atom. The summed E-state index contributed by atoms with van der Waals surface area (Å²) in [6.45, 7) is 7.37. The van der Waals surface area contributed by atoms with E-state index in [4.69, 9.17) is 14.2 Å². The summed E-state index contributed by atoms with van der Waals surface area (Å²) >= 11 is 0. The van der Waals surface area contributed by atoms with Gasteiger partial charge < -0.3 is 14.2 Å². The maximum absolute atomic E-state index is 14.0. The highest BCUT2D eigenvalue weighted by atomic mass is 32.2. The number of aryl methyl sites for hydroxylation is 1. The van der Waals surface area contributed by atoms with E-state index < -0.39 is 10.0 Å². The van der Waals surface area contributed by atoms with Crippen LogP contribution >= 0.6 is 0 Å². The van der Waals surface area contributed by atoms with Crippen molar-refractivity contribution < 1.29 is 22.6 Å². The second-order valence-corrected chi connectivity index (χ2v) is 10.7. The van der Waals surface area contributed by atoms with Crippen LogP contribution in [0.3, 0.4) is 0 Å². The zero-order chi connectivity index (χ0) is 26.3. The Bertz CT molecular complexity index is 1220. The molecule has 0 fully saturated rings. The smallest absolute Gasteiger partial charge is 0.243 e. The van der Waals surface area contributed by atoms with Crippen LogP contribution < -0.4 is 9.47 Å². The average molecular weight is 512 g/mol. The average Bonchev–Trinajstić information content (AvgIpc) is 2.87. The molecule has 0 saturated heterocycles. The molecule has 0 amide bonds. The maximum Gasteiger partial charge on any atom is 0.243 e. The summed E-state index contributed by atoms with van der Waals surface area (Å²) in [6, 6.07) is 14.6. The Hall–Kier alpha value is -3.43. The van der Waals surface area contributed by atoms with E-state index in [1.807, 2.05) is 69.3 Å². The van der Waals surface area contributed by atoms with Gasteiger partial charge in [0, 0.05) is 25.5 Å². The van der Waals surface area contributed by atoms with Gasteiger partial charge in [-0.15, -0.1) is 0 Å². The number of nitrogens with zero attached hydrogens (tertiary/aromatic N) is 3. The molecule has 0 bridgehead atoms.